The number of nitrogens with one attached hydrogen (secondary N) is 2. The first-order valence-electron chi connectivity index (χ1n) is 9.55. The highest BCUT2D eigenvalue weighted by atomic mass is 16.5. The lowest BCUT2D eigenvalue weighted by molar-refractivity contribution is 0.196. The first-order valence-corrected chi connectivity index (χ1v) is 9.55. The van der Waals surface area contributed by atoms with E-state index in [2.05, 4.69) is 20.7 Å². The molecule has 3 N–H and O–H groups in total. The number of nitrogens with zero attached hydrogens (tertiary/aromatic N) is 4. The number of guanidine groups is 1. The zero-order valence-corrected chi connectivity index (χ0v) is 16.4. The maximum Gasteiger partial charge on any atom is 0.191 e. The fourth-order valence-corrected chi connectivity index (χ4v) is 3.12. The van der Waals surface area contributed by atoms with Crippen molar-refractivity contribution in [2.45, 2.75) is 38.9 Å². The Morgan fingerprint density at radius 3 is 3.07 bits per heavy atom. The molecule has 0 aliphatic carbocycles. The summed E-state index contributed by atoms with van der Waals surface area (Å²) < 4.78 is 12.8. The fraction of sp³-hybridized carbons (Fsp3) is 0.526. The van der Waals surface area contributed by atoms with Gasteiger partial charge in [-0.1, -0.05) is 6.07 Å². The summed E-state index contributed by atoms with van der Waals surface area (Å²) >= 11 is 0. The summed E-state index contributed by atoms with van der Waals surface area (Å²) in [5.74, 6) is 3.05. The Morgan fingerprint density at radius 2 is 2.29 bits per heavy atom. The van der Waals surface area contributed by atoms with Crippen LogP contribution in [0.25, 0.3) is 0 Å². The van der Waals surface area contributed by atoms with Crippen molar-refractivity contribution >= 4 is 5.96 Å². The highest BCUT2D eigenvalue weighted by Gasteiger charge is 2.20. The van der Waals surface area contributed by atoms with Gasteiger partial charge in [0.05, 0.1) is 26.8 Å². The molecule has 2 heterocycles. The van der Waals surface area contributed by atoms with Crippen molar-refractivity contribution in [2.24, 2.45) is 4.99 Å². The Bertz CT molecular complexity index is 792. The average Bonchev–Trinajstić information content (AvgIpc) is 3.18. The molecule has 1 aromatic heterocycles. The number of ether oxygens (including phenoxy) is 2. The molecule has 2 aromatic rings. The topological polar surface area (TPSA) is 106 Å². The summed E-state index contributed by atoms with van der Waals surface area (Å²) in [6.45, 7) is 4.31. The summed E-state index contributed by atoms with van der Waals surface area (Å²) in [4.78, 5) is 8.97. The van der Waals surface area contributed by atoms with Gasteiger partial charge in [0.15, 0.2) is 17.5 Å². The standard InChI is InChI=1S/C19H28N6O3/c1-3-20-19(24-15-5-7-18-22-13-23-25(18)12-15)21-11-14-4-6-16(28-9-8-26)17(10-14)27-2/h4,6,10,13,15,26H,3,5,7-9,11-12H2,1-2H3,(H2,20,21,24). The Kier molecular flexibility index (Phi) is 7.07. The molecular weight excluding hydrogens is 360 g/mol. The van der Waals surface area contributed by atoms with E-state index < -0.39 is 0 Å². The quantitative estimate of drug-likeness (QED) is 0.452. The summed E-state index contributed by atoms with van der Waals surface area (Å²) in [6.07, 6.45) is 3.51. The molecule has 0 saturated heterocycles. The van der Waals surface area contributed by atoms with Crippen LogP contribution in [0.4, 0.5) is 0 Å². The van der Waals surface area contributed by atoms with Crippen molar-refractivity contribution in [1.82, 2.24) is 25.4 Å². The minimum Gasteiger partial charge on any atom is -0.493 e. The first kappa shape index (κ1) is 19.9. The third kappa shape index (κ3) is 5.13. The summed E-state index contributed by atoms with van der Waals surface area (Å²) in [5.41, 5.74) is 1.01. The lowest BCUT2D eigenvalue weighted by atomic mass is 10.1. The van der Waals surface area contributed by atoms with Gasteiger partial charge in [-0.25, -0.2) is 14.7 Å². The minimum absolute atomic E-state index is 0.0375. The van der Waals surface area contributed by atoms with Gasteiger partial charge in [-0.05, 0) is 31.0 Å². The van der Waals surface area contributed by atoms with E-state index in [9.17, 15) is 0 Å². The highest BCUT2D eigenvalue weighted by Crippen LogP contribution is 2.28. The van der Waals surface area contributed by atoms with Gasteiger partial charge < -0.3 is 25.2 Å². The van der Waals surface area contributed by atoms with Gasteiger partial charge >= 0.3 is 0 Å². The number of aromatic nitrogens is 3. The second-order valence-corrected chi connectivity index (χ2v) is 6.49. The number of hydrogen-bond donors (Lipinski definition) is 3. The van der Waals surface area contributed by atoms with Crippen LogP contribution in [0.15, 0.2) is 29.5 Å². The van der Waals surface area contributed by atoms with E-state index in [1.807, 2.05) is 29.8 Å². The first-order chi connectivity index (χ1) is 13.7. The number of fused-ring (bicyclic) bond motifs is 1. The van der Waals surface area contributed by atoms with Gasteiger partial charge in [-0.2, -0.15) is 5.10 Å². The smallest absolute Gasteiger partial charge is 0.191 e. The largest absolute Gasteiger partial charge is 0.493 e. The Labute approximate surface area is 164 Å². The normalized spacial score (nSPS) is 16.4. The molecule has 0 amide bonds. The maximum atomic E-state index is 8.91. The predicted molar refractivity (Wildman–Crippen MR) is 106 cm³/mol. The van der Waals surface area contributed by atoms with E-state index in [-0.39, 0.29) is 19.3 Å². The molecule has 28 heavy (non-hydrogen) atoms. The maximum absolute atomic E-state index is 8.91. The zero-order chi connectivity index (χ0) is 19.8. The van der Waals surface area contributed by atoms with Gasteiger partial charge in [0.25, 0.3) is 0 Å². The third-order valence-electron chi connectivity index (χ3n) is 4.49. The van der Waals surface area contributed by atoms with E-state index in [1.54, 1.807) is 13.4 Å². The van der Waals surface area contributed by atoms with Gasteiger partial charge in [-0.3, -0.25) is 0 Å². The van der Waals surface area contributed by atoms with Crippen LogP contribution in [0.1, 0.15) is 24.7 Å². The van der Waals surface area contributed by atoms with Gasteiger partial charge in [0.2, 0.25) is 0 Å². The van der Waals surface area contributed by atoms with Gasteiger partial charge in [0, 0.05) is 19.0 Å². The van der Waals surface area contributed by atoms with E-state index in [0.717, 1.165) is 43.3 Å². The third-order valence-corrected chi connectivity index (χ3v) is 4.49. The molecule has 0 fully saturated rings. The van der Waals surface area contributed by atoms with Crippen LogP contribution in [0, 0.1) is 0 Å². The van der Waals surface area contributed by atoms with Gasteiger partial charge in [0.1, 0.15) is 18.8 Å². The molecule has 1 unspecified atom stereocenters. The van der Waals surface area contributed by atoms with E-state index in [1.165, 1.54) is 0 Å². The fourth-order valence-electron chi connectivity index (χ4n) is 3.12. The van der Waals surface area contributed by atoms with E-state index >= 15 is 0 Å². The Hall–Kier alpha value is -2.81. The molecule has 0 saturated carbocycles. The number of aryl methyl sites for hydroxylation is 1. The molecule has 9 heteroatoms. The molecule has 0 radical (unpaired) electrons. The molecule has 0 bridgehead atoms. The lowest BCUT2D eigenvalue weighted by Gasteiger charge is -2.25. The average molecular weight is 388 g/mol. The molecule has 9 nitrogen and oxygen atoms in total. The molecular formula is C19H28N6O3. The van der Waals surface area contributed by atoms with Crippen LogP contribution < -0.4 is 20.1 Å². The van der Waals surface area contributed by atoms with Crippen molar-refractivity contribution in [1.29, 1.82) is 0 Å². The van der Waals surface area contributed by atoms with Crippen LogP contribution in [0.3, 0.4) is 0 Å². The molecule has 1 aliphatic heterocycles. The van der Waals surface area contributed by atoms with Crippen molar-refractivity contribution in [3.05, 3.63) is 35.9 Å². The van der Waals surface area contributed by atoms with Crippen LogP contribution >= 0.6 is 0 Å². The van der Waals surface area contributed by atoms with Gasteiger partial charge in [-0.15, -0.1) is 0 Å². The Balaban J connectivity index is 1.64. The zero-order valence-electron chi connectivity index (χ0n) is 16.4. The van der Waals surface area contributed by atoms with E-state index in [4.69, 9.17) is 19.6 Å². The number of aliphatic imine (C=N–C) groups is 1. The van der Waals surface area contributed by atoms with Crippen molar-refractivity contribution in [3.63, 3.8) is 0 Å². The van der Waals surface area contributed by atoms with Crippen LogP contribution in [0.5, 0.6) is 11.5 Å². The number of benzene rings is 1. The highest BCUT2D eigenvalue weighted by molar-refractivity contribution is 5.80. The second kappa shape index (κ2) is 9.93. The Morgan fingerprint density at radius 1 is 1.39 bits per heavy atom. The molecule has 1 aliphatic rings. The van der Waals surface area contributed by atoms with E-state index in [0.29, 0.717) is 18.0 Å². The number of aliphatic hydroxyl groups excluding tert-OH is 1. The van der Waals surface area contributed by atoms with Crippen LogP contribution in [-0.2, 0) is 19.5 Å². The van der Waals surface area contributed by atoms with Crippen molar-refractivity contribution in [3.8, 4) is 11.5 Å². The second-order valence-electron chi connectivity index (χ2n) is 6.49. The molecule has 0 spiro atoms. The molecule has 1 atom stereocenters. The molecule has 152 valence electrons. The molecule has 1 aromatic carbocycles. The number of aliphatic hydroxyl groups is 1. The number of methoxy groups -OCH3 is 1. The lowest BCUT2D eigenvalue weighted by Crippen LogP contribution is -2.47. The summed E-state index contributed by atoms with van der Waals surface area (Å²) in [7, 11) is 1.60. The van der Waals surface area contributed by atoms with Crippen molar-refractivity contribution in [2.75, 3.05) is 26.9 Å². The van der Waals surface area contributed by atoms with Crippen LogP contribution in [-0.4, -0.2) is 58.7 Å². The van der Waals surface area contributed by atoms with Crippen LogP contribution in [0.2, 0.25) is 0 Å². The predicted octanol–water partition coefficient (Wildman–Crippen LogP) is 0.728. The number of hydrogen-bond acceptors (Lipinski definition) is 6. The number of rotatable bonds is 8. The summed E-state index contributed by atoms with van der Waals surface area (Å²) in [5, 5.41) is 20.0. The monoisotopic (exact) mass is 388 g/mol. The minimum atomic E-state index is -0.0375. The molecule has 3 rings (SSSR count). The SMILES string of the molecule is CCNC(=NCc1ccc(OCCO)c(OC)c1)NC1CCc2ncnn2C1. The summed E-state index contributed by atoms with van der Waals surface area (Å²) in [6, 6.07) is 5.95. The van der Waals surface area contributed by atoms with Crippen molar-refractivity contribution < 1.29 is 14.6 Å².